The van der Waals surface area contributed by atoms with Crippen molar-refractivity contribution in [1.29, 1.82) is 0 Å². The van der Waals surface area contributed by atoms with E-state index in [2.05, 4.69) is 15.0 Å². The van der Waals surface area contributed by atoms with E-state index in [1.807, 2.05) is 6.92 Å². The Morgan fingerprint density at radius 1 is 1.48 bits per heavy atom. The number of rotatable bonds is 6. The lowest BCUT2D eigenvalue weighted by Gasteiger charge is -2.26. The van der Waals surface area contributed by atoms with Gasteiger partial charge in [0.05, 0.1) is 5.75 Å². The van der Waals surface area contributed by atoms with Crippen LogP contribution in [0.25, 0.3) is 0 Å². The number of thiazole rings is 1. The van der Waals surface area contributed by atoms with E-state index in [0.29, 0.717) is 25.2 Å². The molecule has 0 saturated carbocycles. The van der Waals surface area contributed by atoms with Gasteiger partial charge in [-0.2, -0.15) is 0 Å². The molecular weight excluding hydrogens is 312 g/mol. The Morgan fingerprint density at radius 3 is 2.86 bits per heavy atom. The van der Waals surface area contributed by atoms with Crippen molar-refractivity contribution in [2.75, 3.05) is 36.7 Å². The number of carbonyl (C=O) groups excluding carboxylic acids is 1. The van der Waals surface area contributed by atoms with Gasteiger partial charge in [0.2, 0.25) is 10.0 Å². The van der Waals surface area contributed by atoms with Gasteiger partial charge in [-0.05, 0) is 6.42 Å². The summed E-state index contributed by atoms with van der Waals surface area (Å²) in [4.78, 5) is 18.0. The highest BCUT2D eigenvalue weighted by molar-refractivity contribution is 7.92. The van der Waals surface area contributed by atoms with Crippen LogP contribution in [-0.4, -0.2) is 56.1 Å². The van der Waals surface area contributed by atoms with Crippen LogP contribution in [0.2, 0.25) is 0 Å². The molecule has 2 heterocycles. The molecule has 1 aromatic rings. The fourth-order valence-electron chi connectivity index (χ4n) is 1.97. The molecule has 2 N–H and O–H groups in total. The summed E-state index contributed by atoms with van der Waals surface area (Å²) in [5.41, 5.74) is 0.301. The molecule has 0 radical (unpaired) electrons. The zero-order chi connectivity index (χ0) is 15.3. The molecule has 118 valence electrons. The molecule has 0 spiro atoms. The van der Waals surface area contributed by atoms with Crippen LogP contribution in [-0.2, 0) is 10.0 Å². The van der Waals surface area contributed by atoms with Crippen molar-refractivity contribution in [3.63, 3.8) is 0 Å². The zero-order valence-electron chi connectivity index (χ0n) is 12.0. The average Bonchev–Trinajstić information content (AvgIpc) is 2.93. The molecule has 0 atom stereocenters. The monoisotopic (exact) mass is 332 g/mol. The molecule has 1 fully saturated rings. The van der Waals surface area contributed by atoms with Crippen molar-refractivity contribution in [1.82, 2.24) is 15.2 Å². The normalized spacial score (nSPS) is 16.0. The minimum absolute atomic E-state index is 0.0736. The van der Waals surface area contributed by atoms with Crippen LogP contribution in [0.15, 0.2) is 5.38 Å². The molecule has 9 heteroatoms. The van der Waals surface area contributed by atoms with Crippen LogP contribution in [0.1, 0.15) is 30.3 Å². The highest BCUT2D eigenvalue weighted by Gasteiger charge is 2.21. The number of nitrogens with zero attached hydrogens (tertiary/aromatic N) is 2. The van der Waals surface area contributed by atoms with Crippen molar-refractivity contribution in [2.24, 2.45) is 0 Å². The highest BCUT2D eigenvalue weighted by atomic mass is 32.2. The van der Waals surface area contributed by atoms with Crippen LogP contribution >= 0.6 is 11.3 Å². The van der Waals surface area contributed by atoms with Gasteiger partial charge in [-0.15, -0.1) is 11.3 Å². The molecule has 0 bridgehead atoms. The summed E-state index contributed by atoms with van der Waals surface area (Å²) in [6.45, 7) is 4.77. The lowest BCUT2D eigenvalue weighted by molar-refractivity contribution is 0.0731. The number of carbonyl (C=O) groups is 1. The lowest BCUT2D eigenvalue weighted by Crippen LogP contribution is -2.46. The number of hydrogen-bond acceptors (Lipinski definition) is 6. The van der Waals surface area contributed by atoms with E-state index >= 15 is 0 Å². The zero-order valence-corrected chi connectivity index (χ0v) is 13.6. The van der Waals surface area contributed by atoms with E-state index in [-0.39, 0.29) is 16.8 Å². The molecule has 21 heavy (non-hydrogen) atoms. The Hall–Kier alpha value is -1.19. The minimum Gasteiger partial charge on any atom is -0.335 e. The molecule has 7 nitrogen and oxygen atoms in total. The second-order valence-electron chi connectivity index (χ2n) is 4.85. The SMILES string of the molecule is CCCCS(=O)(=O)Nc1nc(C(=O)N2CCNCC2)cs1. The first-order valence-corrected chi connectivity index (χ1v) is 9.51. The maximum absolute atomic E-state index is 12.2. The second kappa shape index (κ2) is 7.19. The molecule has 1 aromatic heterocycles. The third-order valence-electron chi connectivity index (χ3n) is 3.14. The fraction of sp³-hybridized carbons (Fsp3) is 0.667. The van der Waals surface area contributed by atoms with Gasteiger partial charge in [-0.1, -0.05) is 13.3 Å². The van der Waals surface area contributed by atoms with Crippen LogP contribution in [0.3, 0.4) is 0 Å². The molecule has 0 unspecified atom stereocenters. The van der Waals surface area contributed by atoms with Gasteiger partial charge in [-0.3, -0.25) is 9.52 Å². The van der Waals surface area contributed by atoms with Gasteiger partial charge >= 0.3 is 0 Å². The number of nitrogens with one attached hydrogen (secondary N) is 2. The van der Waals surface area contributed by atoms with E-state index in [4.69, 9.17) is 0 Å². The van der Waals surface area contributed by atoms with Crippen LogP contribution in [0.4, 0.5) is 5.13 Å². The lowest BCUT2D eigenvalue weighted by atomic mass is 10.3. The van der Waals surface area contributed by atoms with Crippen molar-refractivity contribution in [2.45, 2.75) is 19.8 Å². The quantitative estimate of drug-likeness (QED) is 0.801. The van der Waals surface area contributed by atoms with E-state index < -0.39 is 10.0 Å². The summed E-state index contributed by atoms with van der Waals surface area (Å²) in [7, 11) is -3.37. The largest absolute Gasteiger partial charge is 0.335 e. The third-order valence-corrected chi connectivity index (χ3v) is 5.35. The van der Waals surface area contributed by atoms with E-state index in [1.54, 1.807) is 10.3 Å². The van der Waals surface area contributed by atoms with Crippen LogP contribution in [0, 0.1) is 0 Å². The van der Waals surface area contributed by atoms with Gasteiger partial charge in [0.25, 0.3) is 5.91 Å². The molecule has 1 saturated heterocycles. The number of amides is 1. The van der Waals surface area contributed by atoms with E-state index in [1.165, 1.54) is 0 Å². The summed E-state index contributed by atoms with van der Waals surface area (Å²) in [6.07, 6.45) is 1.42. The number of aromatic nitrogens is 1. The van der Waals surface area contributed by atoms with Gasteiger partial charge in [0.1, 0.15) is 5.69 Å². The summed E-state index contributed by atoms with van der Waals surface area (Å²) < 4.78 is 26.0. The van der Waals surface area contributed by atoms with Gasteiger partial charge in [0.15, 0.2) is 5.13 Å². The molecule has 1 aliphatic heterocycles. The Bertz CT molecular complexity index is 579. The second-order valence-corrected chi connectivity index (χ2v) is 7.55. The number of sulfonamides is 1. The fourth-order valence-corrected chi connectivity index (χ4v) is 4.15. The van der Waals surface area contributed by atoms with Crippen molar-refractivity contribution in [3.05, 3.63) is 11.1 Å². The summed E-state index contributed by atoms with van der Waals surface area (Å²) in [6, 6.07) is 0. The summed E-state index contributed by atoms with van der Waals surface area (Å²) in [5, 5.41) is 5.03. The van der Waals surface area contributed by atoms with Crippen LogP contribution in [0.5, 0.6) is 0 Å². The van der Waals surface area contributed by atoms with E-state index in [9.17, 15) is 13.2 Å². The Balaban J connectivity index is 1.99. The summed E-state index contributed by atoms with van der Waals surface area (Å²) in [5.74, 6) is -0.0730. The highest BCUT2D eigenvalue weighted by Crippen LogP contribution is 2.18. The third kappa shape index (κ3) is 4.65. The number of hydrogen-bond donors (Lipinski definition) is 2. The van der Waals surface area contributed by atoms with Crippen molar-refractivity contribution >= 4 is 32.4 Å². The topological polar surface area (TPSA) is 91.4 Å². The predicted molar refractivity (Wildman–Crippen MR) is 83.2 cm³/mol. The van der Waals surface area contributed by atoms with Gasteiger partial charge in [-0.25, -0.2) is 13.4 Å². The van der Waals surface area contributed by atoms with Gasteiger partial charge in [0, 0.05) is 31.6 Å². The average molecular weight is 332 g/mol. The minimum atomic E-state index is -3.37. The Kier molecular flexibility index (Phi) is 5.54. The first-order valence-electron chi connectivity index (χ1n) is 6.98. The predicted octanol–water partition coefficient (Wildman–Crippen LogP) is 0.730. The Morgan fingerprint density at radius 2 is 2.19 bits per heavy atom. The number of unbranched alkanes of at least 4 members (excludes halogenated alkanes) is 1. The maximum atomic E-state index is 12.2. The molecule has 0 aromatic carbocycles. The first kappa shape index (κ1) is 16.2. The number of piperazine rings is 1. The standard InChI is InChI=1S/C12H20N4O3S2/c1-2-3-8-21(18,19)15-12-14-10(9-20-12)11(17)16-6-4-13-5-7-16/h9,13H,2-8H2,1H3,(H,14,15). The summed E-state index contributed by atoms with van der Waals surface area (Å²) >= 11 is 1.14. The van der Waals surface area contributed by atoms with Gasteiger partial charge < -0.3 is 10.2 Å². The maximum Gasteiger partial charge on any atom is 0.273 e. The van der Waals surface area contributed by atoms with Crippen molar-refractivity contribution in [3.8, 4) is 0 Å². The molecule has 1 aliphatic rings. The first-order chi connectivity index (χ1) is 10.0. The molecule has 0 aliphatic carbocycles. The smallest absolute Gasteiger partial charge is 0.273 e. The number of anilines is 1. The Labute approximate surface area is 128 Å². The van der Waals surface area contributed by atoms with Crippen LogP contribution < -0.4 is 10.0 Å². The van der Waals surface area contributed by atoms with E-state index in [0.717, 1.165) is 30.8 Å². The van der Waals surface area contributed by atoms with Crippen molar-refractivity contribution < 1.29 is 13.2 Å². The molecule has 1 amide bonds. The molecular formula is C12H20N4O3S2. The molecule has 2 rings (SSSR count).